The van der Waals surface area contributed by atoms with Crippen LogP contribution in [-0.2, 0) is 9.84 Å². The van der Waals surface area contributed by atoms with Crippen molar-refractivity contribution < 1.29 is 26.7 Å². The Kier molecular flexibility index (Phi) is 5.55. The topological polar surface area (TPSA) is 118 Å². The molecule has 4 N–H and O–H groups in total. The molecule has 152 valence electrons. The minimum atomic E-state index is -3.44. The molecule has 3 rings (SSSR count). The Hall–Kier alpha value is -3.40. The number of anilines is 2. The Morgan fingerprint density at radius 1 is 1.00 bits per heavy atom. The second-order valence-electron chi connectivity index (χ2n) is 5.92. The molecule has 29 heavy (non-hydrogen) atoms. The number of halogens is 2. The summed E-state index contributed by atoms with van der Waals surface area (Å²) in [7, 11) is -3.44. The summed E-state index contributed by atoms with van der Waals surface area (Å²) < 4.78 is 61.9. The van der Waals surface area contributed by atoms with E-state index in [4.69, 9.17) is 20.9 Å². The number of nitrogen functional groups attached to an aromatic ring is 2. The molecule has 0 spiro atoms. The smallest absolute Gasteiger partial charge is 0.201 e. The van der Waals surface area contributed by atoms with Crippen molar-refractivity contribution in [2.45, 2.75) is 11.9 Å². The van der Waals surface area contributed by atoms with Gasteiger partial charge in [-0.15, -0.1) is 0 Å². The summed E-state index contributed by atoms with van der Waals surface area (Å²) in [5, 5.41) is -0.0743. The van der Waals surface area contributed by atoms with Gasteiger partial charge in [-0.3, -0.25) is 0 Å². The minimum absolute atomic E-state index is 0.0172. The lowest BCUT2D eigenvalue weighted by Crippen LogP contribution is -2.05. The number of hydrogen-bond donors (Lipinski definition) is 2. The highest BCUT2D eigenvalue weighted by molar-refractivity contribution is 7.91. The first-order valence-electron chi connectivity index (χ1n) is 8.38. The summed E-state index contributed by atoms with van der Waals surface area (Å²) in [6, 6.07) is 8.95. The van der Waals surface area contributed by atoms with Gasteiger partial charge in [0, 0.05) is 12.1 Å². The number of hydrogen-bond acceptors (Lipinski definition) is 7. The number of rotatable bonds is 6. The third-order valence-corrected chi connectivity index (χ3v) is 5.57. The maximum atomic E-state index is 13.9. The first-order valence-corrected chi connectivity index (χ1v) is 10.0. The number of nitrogens with two attached hydrogens (primary N) is 2. The van der Waals surface area contributed by atoms with Gasteiger partial charge in [0.2, 0.25) is 5.82 Å². The molecule has 7 nitrogen and oxygen atoms in total. The van der Waals surface area contributed by atoms with Crippen LogP contribution in [0.4, 0.5) is 20.2 Å². The quantitative estimate of drug-likeness (QED) is 0.580. The van der Waals surface area contributed by atoms with Crippen LogP contribution in [0.3, 0.4) is 0 Å². The molecule has 0 radical (unpaired) electrons. The Bertz CT molecular complexity index is 1150. The molecule has 2 aromatic carbocycles. The highest BCUT2D eigenvalue weighted by Crippen LogP contribution is 2.38. The number of aromatic nitrogens is 1. The molecule has 1 aromatic heterocycles. The molecule has 0 aliphatic heterocycles. The summed E-state index contributed by atoms with van der Waals surface area (Å²) in [4.78, 5) is 3.88. The molecule has 10 heteroatoms. The molecular weight excluding hydrogens is 404 g/mol. The van der Waals surface area contributed by atoms with E-state index in [-0.39, 0.29) is 45.2 Å². The summed E-state index contributed by atoms with van der Waals surface area (Å²) in [5.74, 6) is -2.33. The van der Waals surface area contributed by atoms with E-state index < -0.39 is 21.5 Å². The van der Waals surface area contributed by atoms with Crippen LogP contribution >= 0.6 is 0 Å². The second-order valence-corrected chi connectivity index (χ2v) is 8.14. The number of benzene rings is 2. The Morgan fingerprint density at radius 3 is 2.41 bits per heavy atom. The molecular formula is C19H17F2N3O4S. The molecule has 0 aliphatic carbocycles. The Balaban J connectivity index is 1.88. The van der Waals surface area contributed by atoms with E-state index in [9.17, 15) is 17.2 Å². The van der Waals surface area contributed by atoms with Crippen molar-refractivity contribution in [3.8, 4) is 23.0 Å². The average Bonchev–Trinajstić information content (AvgIpc) is 2.69. The van der Waals surface area contributed by atoms with Crippen LogP contribution in [0.25, 0.3) is 0 Å². The van der Waals surface area contributed by atoms with Gasteiger partial charge in [0.05, 0.1) is 23.3 Å². The lowest BCUT2D eigenvalue weighted by Gasteiger charge is -2.14. The van der Waals surface area contributed by atoms with E-state index >= 15 is 0 Å². The first-order chi connectivity index (χ1) is 13.7. The van der Waals surface area contributed by atoms with Gasteiger partial charge >= 0.3 is 0 Å². The lowest BCUT2D eigenvalue weighted by molar-refractivity contribution is 0.414. The molecule has 0 unspecified atom stereocenters. The van der Waals surface area contributed by atoms with Crippen LogP contribution in [0.1, 0.15) is 6.92 Å². The monoisotopic (exact) mass is 421 g/mol. The van der Waals surface area contributed by atoms with Crippen molar-refractivity contribution >= 4 is 21.2 Å². The van der Waals surface area contributed by atoms with Crippen molar-refractivity contribution in [3.63, 3.8) is 0 Å². The molecule has 0 atom stereocenters. The molecule has 0 amide bonds. The number of sulfone groups is 1. The third kappa shape index (κ3) is 4.37. The lowest BCUT2D eigenvalue weighted by atomic mass is 10.2. The van der Waals surface area contributed by atoms with E-state index in [1.165, 1.54) is 49.5 Å². The highest BCUT2D eigenvalue weighted by Gasteiger charge is 2.16. The predicted molar refractivity (Wildman–Crippen MR) is 104 cm³/mol. The normalized spacial score (nSPS) is 11.3. The van der Waals surface area contributed by atoms with Crippen molar-refractivity contribution in [1.29, 1.82) is 0 Å². The van der Waals surface area contributed by atoms with Gasteiger partial charge in [-0.05, 0) is 24.3 Å². The fraction of sp³-hybridized carbons (Fsp3) is 0.105. The standard InChI is InChI=1S/C19H17F2N3O4S/c1-2-29(25,26)17-7-6-11(10-24-17)27-12-8-14(22)19(23)16(9-12)28-15-5-3-4-13(20)18(15)21/h3-10H,2,22-23H2,1H3. The van der Waals surface area contributed by atoms with Gasteiger partial charge in [-0.2, -0.15) is 4.39 Å². The maximum absolute atomic E-state index is 13.9. The van der Waals surface area contributed by atoms with Crippen LogP contribution in [0.2, 0.25) is 0 Å². The van der Waals surface area contributed by atoms with Crippen molar-refractivity contribution in [3.05, 3.63) is 60.3 Å². The summed E-state index contributed by atoms with van der Waals surface area (Å²) in [5.41, 5.74) is 11.8. The van der Waals surface area contributed by atoms with Crippen LogP contribution in [-0.4, -0.2) is 19.2 Å². The molecule has 0 bridgehead atoms. The van der Waals surface area contributed by atoms with E-state index in [2.05, 4.69) is 4.98 Å². The van der Waals surface area contributed by atoms with Crippen molar-refractivity contribution in [2.75, 3.05) is 17.2 Å². The third-order valence-electron chi connectivity index (χ3n) is 3.93. The largest absolute Gasteiger partial charge is 0.456 e. The molecule has 0 saturated heterocycles. The fourth-order valence-corrected chi connectivity index (χ4v) is 3.13. The zero-order valence-electron chi connectivity index (χ0n) is 15.2. The van der Waals surface area contributed by atoms with Crippen LogP contribution < -0.4 is 20.9 Å². The number of nitrogens with zero attached hydrogens (tertiary/aromatic N) is 1. The van der Waals surface area contributed by atoms with Gasteiger partial charge in [0.1, 0.15) is 11.5 Å². The van der Waals surface area contributed by atoms with E-state index in [0.717, 1.165) is 6.07 Å². The number of ether oxygens (including phenoxy) is 2. The van der Waals surface area contributed by atoms with Gasteiger partial charge in [0.15, 0.2) is 32.2 Å². The second kappa shape index (κ2) is 7.92. The van der Waals surface area contributed by atoms with Gasteiger partial charge in [-0.1, -0.05) is 13.0 Å². The minimum Gasteiger partial charge on any atom is -0.456 e. The SMILES string of the molecule is CCS(=O)(=O)c1ccc(Oc2cc(N)c(N)c(Oc3cccc(F)c3F)c2)cn1. The van der Waals surface area contributed by atoms with E-state index in [1.807, 2.05) is 0 Å². The van der Waals surface area contributed by atoms with Gasteiger partial charge in [0.25, 0.3) is 0 Å². The van der Waals surface area contributed by atoms with E-state index in [0.29, 0.717) is 0 Å². The Morgan fingerprint density at radius 2 is 1.76 bits per heavy atom. The zero-order chi connectivity index (χ0) is 21.2. The number of pyridine rings is 1. The molecule has 0 aliphatic rings. The van der Waals surface area contributed by atoms with Crippen molar-refractivity contribution in [1.82, 2.24) is 4.98 Å². The molecule has 0 saturated carbocycles. The first kappa shape index (κ1) is 20.3. The van der Waals surface area contributed by atoms with Crippen LogP contribution in [0.5, 0.6) is 23.0 Å². The highest BCUT2D eigenvalue weighted by atomic mass is 32.2. The predicted octanol–water partition coefficient (Wildman–Crippen LogP) is 3.90. The van der Waals surface area contributed by atoms with Crippen LogP contribution in [0, 0.1) is 11.6 Å². The maximum Gasteiger partial charge on any atom is 0.201 e. The zero-order valence-corrected chi connectivity index (χ0v) is 16.0. The van der Waals surface area contributed by atoms with Gasteiger partial charge < -0.3 is 20.9 Å². The molecule has 0 fully saturated rings. The summed E-state index contributed by atoms with van der Waals surface area (Å²) in [6.07, 6.45) is 1.24. The van der Waals surface area contributed by atoms with Crippen molar-refractivity contribution in [2.24, 2.45) is 0 Å². The average molecular weight is 421 g/mol. The Labute approximate surface area is 165 Å². The van der Waals surface area contributed by atoms with Gasteiger partial charge in [-0.25, -0.2) is 17.8 Å². The summed E-state index contributed by atoms with van der Waals surface area (Å²) in [6.45, 7) is 1.52. The molecule has 1 heterocycles. The van der Waals surface area contributed by atoms with E-state index in [1.54, 1.807) is 0 Å². The van der Waals surface area contributed by atoms with Crippen LogP contribution in [0.15, 0.2) is 53.7 Å². The fourth-order valence-electron chi connectivity index (χ4n) is 2.34. The molecule has 3 aromatic rings. The summed E-state index contributed by atoms with van der Waals surface area (Å²) >= 11 is 0.